The summed E-state index contributed by atoms with van der Waals surface area (Å²) in [6.45, 7) is 6.35. The van der Waals surface area contributed by atoms with Gasteiger partial charge in [0.1, 0.15) is 29.6 Å². The van der Waals surface area contributed by atoms with Crippen LogP contribution >= 0.6 is 0 Å². The highest BCUT2D eigenvalue weighted by atomic mass is 19.1. The lowest BCUT2D eigenvalue weighted by atomic mass is 10.0. The van der Waals surface area contributed by atoms with Gasteiger partial charge in [0, 0.05) is 25.8 Å². The molecule has 5 atom stereocenters. The van der Waals surface area contributed by atoms with Crippen molar-refractivity contribution in [2.24, 2.45) is 11.7 Å². The summed E-state index contributed by atoms with van der Waals surface area (Å²) in [6, 6.07) is 11.2. The molecule has 0 spiro atoms. The number of nitrogens with zero attached hydrogens (tertiary/aromatic N) is 4. The third-order valence-corrected chi connectivity index (χ3v) is 10.4. The van der Waals surface area contributed by atoms with Crippen LogP contribution in [0.5, 0.6) is 0 Å². The molecule has 0 saturated carbocycles. The third kappa shape index (κ3) is 8.33. The number of aromatic amines is 2. The monoisotopic (exact) mass is 758 g/mol. The van der Waals surface area contributed by atoms with Gasteiger partial charge in [0.2, 0.25) is 12.0 Å². The van der Waals surface area contributed by atoms with E-state index in [1.165, 1.54) is 20.3 Å². The van der Waals surface area contributed by atoms with Gasteiger partial charge in [-0.05, 0) is 67.3 Å². The van der Waals surface area contributed by atoms with E-state index in [1.54, 1.807) is 35.2 Å². The Morgan fingerprint density at radius 3 is 1.96 bits per heavy atom. The van der Waals surface area contributed by atoms with Gasteiger partial charge in [-0.1, -0.05) is 44.2 Å². The Kier molecular flexibility index (Phi) is 11.8. The fourth-order valence-electron chi connectivity index (χ4n) is 7.32. The van der Waals surface area contributed by atoms with Crippen molar-refractivity contribution in [3.05, 3.63) is 72.3 Å². The van der Waals surface area contributed by atoms with Crippen molar-refractivity contribution in [1.82, 2.24) is 35.1 Å². The maximum absolute atomic E-state index is 15.7. The summed E-state index contributed by atoms with van der Waals surface area (Å²) >= 11 is 0. The Morgan fingerprint density at radius 2 is 1.40 bits per heavy atom. The van der Waals surface area contributed by atoms with Gasteiger partial charge in [0.25, 0.3) is 5.91 Å². The maximum Gasteiger partial charge on any atom is 0.407 e. The van der Waals surface area contributed by atoms with Gasteiger partial charge in [-0.2, -0.15) is 0 Å². The number of ether oxygens (including phenoxy) is 3. The quantitative estimate of drug-likeness (QED) is 0.145. The minimum atomic E-state index is -1.21. The lowest BCUT2D eigenvalue weighted by Crippen LogP contribution is -2.51. The number of H-pyrrole nitrogens is 2. The van der Waals surface area contributed by atoms with Gasteiger partial charge >= 0.3 is 12.2 Å². The molecule has 4 amide bonds. The van der Waals surface area contributed by atoms with Gasteiger partial charge in [-0.3, -0.25) is 9.59 Å². The summed E-state index contributed by atoms with van der Waals surface area (Å²) < 4.78 is 30.8. The first-order valence-corrected chi connectivity index (χ1v) is 18.3. The van der Waals surface area contributed by atoms with E-state index < -0.39 is 48.2 Å². The number of rotatable bonds is 12. The first kappa shape index (κ1) is 38.9. The fourth-order valence-corrected chi connectivity index (χ4v) is 7.32. The number of aromatic nitrogens is 4. The Balaban J connectivity index is 1.13. The molecule has 4 aromatic rings. The van der Waals surface area contributed by atoms with Crippen LogP contribution in [0.3, 0.4) is 0 Å². The van der Waals surface area contributed by atoms with E-state index in [1.807, 2.05) is 44.2 Å². The number of methoxy groups -OCH3 is 2. The molecule has 2 aliphatic rings. The smallest absolute Gasteiger partial charge is 0.407 e. The van der Waals surface area contributed by atoms with Gasteiger partial charge < -0.3 is 45.0 Å². The number of benzene rings is 2. The molecule has 0 unspecified atom stereocenters. The molecule has 15 nitrogen and oxygen atoms in total. The Morgan fingerprint density at radius 1 is 0.836 bits per heavy atom. The van der Waals surface area contributed by atoms with Crippen LogP contribution in [0.4, 0.5) is 14.0 Å². The van der Waals surface area contributed by atoms with E-state index in [-0.39, 0.29) is 17.9 Å². The number of alkyl carbamates (subject to hydrolysis) is 1. The van der Waals surface area contributed by atoms with E-state index >= 15 is 4.39 Å². The molecule has 2 saturated heterocycles. The molecule has 2 fully saturated rings. The molecule has 6 rings (SSSR count). The van der Waals surface area contributed by atoms with Crippen molar-refractivity contribution in [2.45, 2.75) is 76.8 Å². The Labute approximate surface area is 318 Å². The number of primary amides is 1. The summed E-state index contributed by atoms with van der Waals surface area (Å²) in [6.07, 6.45) is 2.50. The van der Waals surface area contributed by atoms with Crippen LogP contribution in [-0.4, -0.2) is 99.3 Å². The predicted octanol–water partition coefficient (Wildman–Crippen LogP) is 5.48. The first-order chi connectivity index (χ1) is 26.4. The largest absolute Gasteiger partial charge is 0.453 e. The van der Waals surface area contributed by atoms with Gasteiger partial charge in [0.05, 0.1) is 43.0 Å². The van der Waals surface area contributed by atoms with E-state index in [4.69, 9.17) is 19.9 Å². The SMILES string of the molecule is COC(=O)N[C@H](C(=O)N1CCC[C@H]1c1ncc(-c2ccc(-c3ccc(-c4cnc([C@@H]5CCCN5C(=O)[C@@H](OC(N)=O)[C@@H](C)OC)[nH]4)c(F)c3)cc2)[nH]1)C(C)C. The second-order valence-corrected chi connectivity index (χ2v) is 14.2. The zero-order valence-corrected chi connectivity index (χ0v) is 31.5. The Bertz CT molecular complexity index is 2010. The van der Waals surface area contributed by atoms with Crippen LogP contribution in [0, 0.1) is 11.7 Å². The zero-order chi connectivity index (χ0) is 39.4. The number of carbonyl (C=O) groups excluding carboxylic acids is 4. The first-order valence-electron chi connectivity index (χ1n) is 18.3. The van der Waals surface area contributed by atoms with Crippen molar-refractivity contribution < 1.29 is 37.8 Å². The summed E-state index contributed by atoms with van der Waals surface area (Å²) in [4.78, 5) is 69.4. The molecule has 16 heteroatoms. The number of nitrogens with one attached hydrogen (secondary N) is 3. The van der Waals surface area contributed by atoms with E-state index in [2.05, 4.69) is 25.3 Å². The van der Waals surface area contributed by atoms with Crippen LogP contribution in [0.1, 0.15) is 70.2 Å². The molecule has 292 valence electrons. The molecule has 55 heavy (non-hydrogen) atoms. The molecule has 4 heterocycles. The summed E-state index contributed by atoms with van der Waals surface area (Å²) in [7, 11) is 2.68. The summed E-state index contributed by atoms with van der Waals surface area (Å²) in [5.74, 6) is -0.0434. The third-order valence-electron chi connectivity index (χ3n) is 10.4. The number of nitrogens with two attached hydrogens (primary N) is 1. The molecular formula is C39H47FN8O7. The normalized spacial score (nSPS) is 18.6. The highest BCUT2D eigenvalue weighted by Crippen LogP contribution is 2.36. The van der Waals surface area contributed by atoms with Crippen molar-refractivity contribution >= 4 is 24.0 Å². The number of hydrogen-bond donors (Lipinski definition) is 4. The van der Waals surface area contributed by atoms with Crippen molar-refractivity contribution in [3.63, 3.8) is 0 Å². The van der Waals surface area contributed by atoms with Crippen LogP contribution in [-0.2, 0) is 23.8 Å². The van der Waals surface area contributed by atoms with E-state index in [0.29, 0.717) is 54.4 Å². The number of imidazole rings is 2. The lowest BCUT2D eigenvalue weighted by Gasteiger charge is -2.30. The van der Waals surface area contributed by atoms with Crippen LogP contribution in [0.25, 0.3) is 33.6 Å². The Hall–Kier alpha value is -5.77. The van der Waals surface area contributed by atoms with Crippen LogP contribution < -0.4 is 11.1 Å². The molecule has 0 radical (unpaired) electrons. The molecular weight excluding hydrogens is 711 g/mol. The molecule has 2 aromatic heterocycles. The second-order valence-electron chi connectivity index (χ2n) is 14.2. The average Bonchev–Trinajstić information content (AvgIpc) is 4.02. The minimum Gasteiger partial charge on any atom is -0.453 e. The van der Waals surface area contributed by atoms with Crippen molar-refractivity contribution in [3.8, 4) is 33.6 Å². The van der Waals surface area contributed by atoms with E-state index in [0.717, 1.165) is 29.7 Å². The average molecular weight is 759 g/mol. The lowest BCUT2D eigenvalue weighted by molar-refractivity contribution is -0.148. The van der Waals surface area contributed by atoms with Crippen molar-refractivity contribution in [2.75, 3.05) is 27.3 Å². The maximum atomic E-state index is 15.7. The molecule has 0 aliphatic carbocycles. The topological polar surface area (TPSA) is 198 Å². The number of amides is 4. The highest BCUT2D eigenvalue weighted by Gasteiger charge is 2.40. The summed E-state index contributed by atoms with van der Waals surface area (Å²) in [5.41, 5.74) is 9.14. The standard InChI is InChI=1S/C39H47FN8O7/c1-21(2)32(46-39(52)54-5)36(49)47-16-6-8-30(47)34-42-19-28(44-34)24-12-10-23(11-13-24)25-14-15-26(27(40)18-25)29-20-43-35(45-29)31-9-7-17-48(31)37(50)33(22(3)53-4)55-38(41)51/h10-15,18-22,30-33H,6-9,16-17H2,1-5H3,(H2,41,51)(H,42,44)(H,43,45)(H,46,52)/t22-,30+,31+,32+,33+/m1/s1. The van der Waals surface area contributed by atoms with E-state index in [9.17, 15) is 19.2 Å². The fraction of sp³-hybridized carbons (Fsp3) is 0.436. The molecule has 0 bridgehead atoms. The predicted molar refractivity (Wildman–Crippen MR) is 199 cm³/mol. The number of likely N-dealkylation sites (tertiary alicyclic amines) is 2. The molecule has 2 aromatic carbocycles. The highest BCUT2D eigenvalue weighted by molar-refractivity contribution is 5.86. The van der Waals surface area contributed by atoms with Gasteiger partial charge in [-0.15, -0.1) is 0 Å². The zero-order valence-electron chi connectivity index (χ0n) is 31.5. The van der Waals surface area contributed by atoms with Crippen molar-refractivity contribution in [1.29, 1.82) is 0 Å². The molecule has 2 aliphatic heterocycles. The second kappa shape index (κ2) is 16.7. The summed E-state index contributed by atoms with van der Waals surface area (Å²) in [5, 5.41) is 2.67. The van der Waals surface area contributed by atoms with Crippen LogP contribution in [0.2, 0.25) is 0 Å². The van der Waals surface area contributed by atoms with Gasteiger partial charge in [0.15, 0.2) is 0 Å². The van der Waals surface area contributed by atoms with Crippen LogP contribution in [0.15, 0.2) is 54.9 Å². The number of halogens is 1. The number of hydrogen-bond acceptors (Lipinski definition) is 9. The minimum absolute atomic E-state index is 0.134. The number of carbonyl (C=O) groups is 4. The van der Waals surface area contributed by atoms with Gasteiger partial charge in [-0.25, -0.2) is 23.9 Å². The molecule has 5 N–H and O–H groups in total.